The maximum Gasteiger partial charge on any atom is 0.335 e. The van der Waals surface area contributed by atoms with Gasteiger partial charge in [-0.05, 0) is 97.2 Å². The van der Waals surface area contributed by atoms with Crippen LogP contribution in [0.1, 0.15) is 106 Å². The summed E-state index contributed by atoms with van der Waals surface area (Å²) in [6, 6.07) is 0. The second-order valence-electron chi connectivity index (χ2n) is 23.6. The highest BCUT2D eigenvalue weighted by Gasteiger charge is 2.70. The van der Waals surface area contributed by atoms with Gasteiger partial charge in [-0.1, -0.05) is 60.1 Å². The Morgan fingerprint density at radius 3 is 1.82 bits per heavy atom. The molecule has 4 saturated carbocycles. The minimum atomic E-state index is -2.10. The summed E-state index contributed by atoms with van der Waals surface area (Å²) in [7, 11) is 0. The normalized spacial score (nSPS) is 55.3. The van der Waals surface area contributed by atoms with Gasteiger partial charge in [-0.15, -0.1) is 0 Å². The van der Waals surface area contributed by atoms with Gasteiger partial charge in [0.2, 0.25) is 0 Å². The first-order chi connectivity index (χ1) is 31.3. The average Bonchev–Trinajstić information content (AvgIpc) is 3.27. The molecule has 7 fully saturated rings. The Kier molecular flexibility index (Phi) is 14.1. The minimum Gasteiger partial charge on any atom is -0.479 e. The molecule has 5 aliphatic carbocycles. The maximum absolute atomic E-state index is 12.5. The largest absolute Gasteiger partial charge is 0.479 e. The molecule has 8 aliphatic rings. The first-order valence-electron chi connectivity index (χ1n) is 24.4. The van der Waals surface area contributed by atoms with Gasteiger partial charge < -0.3 is 89.7 Å². The van der Waals surface area contributed by atoms with Crippen LogP contribution in [0.25, 0.3) is 0 Å². The van der Waals surface area contributed by atoms with E-state index in [0.717, 1.165) is 44.9 Å². The van der Waals surface area contributed by atoms with Crippen LogP contribution in [0.3, 0.4) is 0 Å². The van der Waals surface area contributed by atoms with Crippen LogP contribution in [0.2, 0.25) is 0 Å². The number of hydrogen-bond acceptors (Lipinski definition) is 18. The molecule has 384 valence electrons. The van der Waals surface area contributed by atoms with Crippen molar-refractivity contribution in [3.05, 3.63) is 11.6 Å². The van der Waals surface area contributed by atoms with E-state index in [2.05, 4.69) is 47.6 Å². The molecule has 3 heterocycles. The monoisotopic (exact) mass is 959 g/mol. The number of allylic oxidation sites excluding steroid dienone is 2. The first kappa shape index (κ1) is 51.9. The number of carboxylic acids is 1. The lowest BCUT2D eigenvalue weighted by molar-refractivity contribution is -0.397. The van der Waals surface area contributed by atoms with Crippen LogP contribution in [0, 0.1) is 50.2 Å². The second-order valence-corrected chi connectivity index (χ2v) is 23.6. The van der Waals surface area contributed by atoms with Crippen molar-refractivity contribution < 1.29 is 94.5 Å². The van der Waals surface area contributed by atoms with Gasteiger partial charge in [0, 0.05) is 10.8 Å². The van der Waals surface area contributed by atoms with Crippen molar-refractivity contribution in [2.45, 2.75) is 211 Å². The number of ether oxygens (including phenoxy) is 6. The van der Waals surface area contributed by atoms with E-state index in [4.69, 9.17) is 28.4 Å². The summed E-state index contributed by atoms with van der Waals surface area (Å²) in [6.07, 6.45) is -19.2. The number of aliphatic hydroxyl groups is 11. The molecule has 4 unspecified atom stereocenters. The third-order valence-electron chi connectivity index (χ3n) is 19.5. The molecule has 0 aromatic carbocycles. The van der Waals surface area contributed by atoms with E-state index in [9.17, 15) is 66.1 Å². The molecule has 12 N–H and O–H groups in total. The number of rotatable bonds is 10. The van der Waals surface area contributed by atoms with Gasteiger partial charge in [-0.3, -0.25) is 0 Å². The highest BCUT2D eigenvalue weighted by atomic mass is 16.8. The number of fused-ring (bicyclic) bond motifs is 7. The van der Waals surface area contributed by atoms with Gasteiger partial charge in [0.05, 0.1) is 32.0 Å². The summed E-state index contributed by atoms with van der Waals surface area (Å²) in [6.45, 7) is 14.0. The lowest BCUT2D eigenvalue weighted by atomic mass is 9.33. The van der Waals surface area contributed by atoms with Crippen LogP contribution >= 0.6 is 0 Å². The Labute approximate surface area is 392 Å². The topological polar surface area (TPSA) is 315 Å². The van der Waals surface area contributed by atoms with E-state index in [1.165, 1.54) is 5.57 Å². The van der Waals surface area contributed by atoms with Crippen LogP contribution in [0.15, 0.2) is 11.6 Å². The zero-order valence-corrected chi connectivity index (χ0v) is 39.8. The molecular formula is C48H78O19. The molecule has 3 aliphatic heterocycles. The second kappa shape index (κ2) is 18.2. The predicted octanol–water partition coefficient (Wildman–Crippen LogP) is -0.323. The van der Waals surface area contributed by atoms with Crippen molar-refractivity contribution in [3.8, 4) is 0 Å². The van der Waals surface area contributed by atoms with Gasteiger partial charge >= 0.3 is 5.97 Å². The Morgan fingerprint density at radius 1 is 0.627 bits per heavy atom. The zero-order chi connectivity index (χ0) is 49.1. The molecular weight excluding hydrogens is 881 g/mol. The van der Waals surface area contributed by atoms with Crippen molar-refractivity contribution in [1.29, 1.82) is 0 Å². The van der Waals surface area contributed by atoms with Crippen LogP contribution in [-0.4, -0.2) is 191 Å². The zero-order valence-electron chi connectivity index (χ0n) is 39.8. The Balaban J connectivity index is 1.08. The number of carbonyl (C=O) groups is 1. The lowest BCUT2D eigenvalue weighted by Crippen LogP contribution is -2.68. The van der Waals surface area contributed by atoms with Crippen LogP contribution in [0.5, 0.6) is 0 Å². The van der Waals surface area contributed by atoms with Crippen molar-refractivity contribution in [2.75, 3.05) is 19.8 Å². The first-order valence-corrected chi connectivity index (χ1v) is 24.4. The SMILES string of the molecule is CC1(C)CC2C3=CCC4[C@@]5(C)CC[C@H](O[C@@H]6O[C@H](C(=O)O)[C@@H](O)[C@@H](O)[C@H]6O[C@@H]6O[C@H](CO)[C@H](O)[C@@H](O)[C@H]6O[C@@H]6O[C@H](CO)[C@@H](O)[C@H](O)[C@H]6O)[C@](C)(CO)C5CC[C@@]4(C)C3(C)CC[C@@]2(C)[C@H](O)C1. The molecule has 0 spiro atoms. The summed E-state index contributed by atoms with van der Waals surface area (Å²) in [5, 5.41) is 130. The smallest absolute Gasteiger partial charge is 0.335 e. The quantitative estimate of drug-likeness (QED) is 0.0986. The van der Waals surface area contributed by atoms with Crippen LogP contribution in [0.4, 0.5) is 0 Å². The third-order valence-corrected chi connectivity index (χ3v) is 19.5. The molecule has 25 atom stereocenters. The molecule has 0 aromatic heterocycles. The highest BCUT2D eigenvalue weighted by molar-refractivity contribution is 5.73. The summed E-state index contributed by atoms with van der Waals surface area (Å²) in [5.74, 6) is -1.22. The Hall–Kier alpha value is -1.47. The fourth-order valence-electron chi connectivity index (χ4n) is 15.2. The van der Waals surface area contributed by atoms with Crippen molar-refractivity contribution >= 4 is 5.97 Å². The van der Waals surface area contributed by atoms with Gasteiger partial charge in [-0.2, -0.15) is 0 Å². The molecule has 0 aromatic rings. The Bertz CT molecular complexity index is 1830. The van der Waals surface area contributed by atoms with Crippen LogP contribution < -0.4 is 0 Å². The van der Waals surface area contributed by atoms with E-state index in [1.54, 1.807) is 0 Å². The minimum absolute atomic E-state index is 0.00861. The lowest BCUT2D eigenvalue weighted by Gasteiger charge is -2.72. The maximum atomic E-state index is 12.5. The standard InChI is InChI=1S/C48H78O19/c1-43(2)16-22-21-8-9-26-45(4)12-11-28(46(5,20-51)25(45)10-13-48(26,7)47(21,6)15-14-44(22,3)27(52)17-43)64-42-38(34(58)33(57)36(65-42)39(60)61)67-41-37(32(56)30(54)24(19-50)63-41)66-40-35(59)31(55)29(53)23(18-49)62-40/h8,22-38,40-42,49-59H,9-20H2,1-7H3,(H,60,61)/t22?,23-,24-,25?,26?,27-,28+,29-,30+,31+,32-,33+,34-,35-,36+,37-,38-,40+,41+,42-,44-,45+,46-,47?,48-/m1/s1. The molecule has 19 nitrogen and oxygen atoms in total. The molecule has 8 rings (SSSR count). The molecule has 0 amide bonds. The fraction of sp³-hybridized carbons (Fsp3) is 0.938. The molecule has 0 bridgehead atoms. The van der Waals surface area contributed by atoms with Crippen molar-refractivity contribution in [3.63, 3.8) is 0 Å². The van der Waals surface area contributed by atoms with E-state index in [1.807, 2.05) is 6.92 Å². The van der Waals surface area contributed by atoms with E-state index in [0.29, 0.717) is 12.8 Å². The van der Waals surface area contributed by atoms with E-state index < -0.39 is 123 Å². The van der Waals surface area contributed by atoms with Crippen LogP contribution in [-0.2, 0) is 33.2 Å². The van der Waals surface area contributed by atoms with Gasteiger partial charge in [0.25, 0.3) is 0 Å². The van der Waals surface area contributed by atoms with Gasteiger partial charge in [-0.25, -0.2) is 4.79 Å². The summed E-state index contributed by atoms with van der Waals surface area (Å²) < 4.78 is 36.0. The molecule has 3 saturated heterocycles. The number of aliphatic carboxylic acids is 1. The number of hydrogen-bond donors (Lipinski definition) is 12. The van der Waals surface area contributed by atoms with Gasteiger partial charge in [0.1, 0.15) is 67.1 Å². The molecule has 67 heavy (non-hydrogen) atoms. The number of carboxylic acid groups (broad SMARTS) is 1. The number of aliphatic hydroxyl groups excluding tert-OH is 11. The summed E-state index contributed by atoms with van der Waals surface area (Å²) in [4.78, 5) is 12.5. The van der Waals surface area contributed by atoms with Crippen molar-refractivity contribution in [2.24, 2.45) is 50.2 Å². The third kappa shape index (κ3) is 8.10. The average molecular weight is 959 g/mol. The van der Waals surface area contributed by atoms with Gasteiger partial charge in [0.15, 0.2) is 25.0 Å². The summed E-state index contributed by atoms with van der Waals surface area (Å²) in [5.41, 5.74) is -0.143. The predicted molar refractivity (Wildman–Crippen MR) is 232 cm³/mol. The highest BCUT2D eigenvalue weighted by Crippen LogP contribution is 2.76. The fourth-order valence-corrected chi connectivity index (χ4v) is 15.2. The molecule has 0 radical (unpaired) electrons. The van der Waals surface area contributed by atoms with E-state index in [-0.39, 0.29) is 57.5 Å². The summed E-state index contributed by atoms with van der Waals surface area (Å²) >= 11 is 0. The molecule has 19 heteroatoms. The van der Waals surface area contributed by atoms with E-state index >= 15 is 0 Å². The Morgan fingerprint density at radius 2 is 1.21 bits per heavy atom. The van der Waals surface area contributed by atoms with Crippen molar-refractivity contribution in [1.82, 2.24) is 0 Å².